The molecule has 5 heteroatoms. The number of nitrogens with zero attached hydrogens (tertiary/aromatic N) is 1. The highest BCUT2D eigenvalue weighted by Gasteiger charge is 2.08. The van der Waals surface area contributed by atoms with Crippen molar-refractivity contribution < 1.29 is 8.78 Å². The second-order valence-electron chi connectivity index (χ2n) is 2.64. The van der Waals surface area contributed by atoms with Gasteiger partial charge in [-0.05, 0) is 6.07 Å². The zero-order chi connectivity index (χ0) is 9.42. The van der Waals surface area contributed by atoms with Gasteiger partial charge in [-0.15, -0.1) is 0 Å². The Balaban J connectivity index is 2.77. The van der Waals surface area contributed by atoms with Crippen molar-refractivity contribution in [3.63, 3.8) is 0 Å². The number of rotatable bonds is 1. The highest BCUT2D eigenvalue weighted by Crippen LogP contribution is 2.22. The van der Waals surface area contributed by atoms with Crippen LogP contribution in [-0.4, -0.2) is 17.2 Å². The van der Waals surface area contributed by atoms with E-state index < -0.39 is 11.8 Å². The molecule has 0 spiro atoms. The molecule has 0 saturated heterocycles. The predicted molar refractivity (Wildman–Crippen MR) is 45.6 cm³/mol. The first-order valence-corrected chi connectivity index (χ1v) is 3.73. The first-order chi connectivity index (χ1) is 6.22. The van der Waals surface area contributed by atoms with Crippen molar-refractivity contribution in [1.29, 1.82) is 0 Å². The average molecular weight is 183 g/mol. The molecule has 0 atom stereocenters. The SMILES string of the molecule is CNc1cc2c(F)[nH]nc2cc1F. The molecule has 1 aromatic carbocycles. The molecule has 0 fully saturated rings. The maximum Gasteiger partial charge on any atom is 0.216 e. The third kappa shape index (κ3) is 1.12. The molecule has 0 radical (unpaired) electrons. The number of aromatic nitrogens is 2. The Labute approximate surface area is 72.8 Å². The van der Waals surface area contributed by atoms with E-state index in [1.807, 2.05) is 0 Å². The molecule has 0 bridgehead atoms. The monoisotopic (exact) mass is 183 g/mol. The predicted octanol–water partition coefficient (Wildman–Crippen LogP) is 1.88. The molecule has 13 heavy (non-hydrogen) atoms. The number of nitrogens with one attached hydrogen (secondary N) is 2. The van der Waals surface area contributed by atoms with Gasteiger partial charge >= 0.3 is 0 Å². The van der Waals surface area contributed by atoms with Crippen molar-refractivity contribution in [2.75, 3.05) is 12.4 Å². The van der Waals surface area contributed by atoms with Crippen LogP contribution >= 0.6 is 0 Å². The van der Waals surface area contributed by atoms with E-state index in [2.05, 4.69) is 15.5 Å². The van der Waals surface area contributed by atoms with Crippen molar-refractivity contribution in [2.24, 2.45) is 0 Å². The van der Waals surface area contributed by atoms with Gasteiger partial charge in [-0.2, -0.15) is 9.49 Å². The molecule has 0 saturated carbocycles. The summed E-state index contributed by atoms with van der Waals surface area (Å²) >= 11 is 0. The molecule has 0 amide bonds. The summed E-state index contributed by atoms with van der Waals surface area (Å²) in [5.74, 6) is -0.993. The minimum Gasteiger partial charge on any atom is -0.386 e. The zero-order valence-corrected chi connectivity index (χ0v) is 6.86. The summed E-state index contributed by atoms with van der Waals surface area (Å²) in [6.45, 7) is 0. The van der Waals surface area contributed by atoms with Crippen molar-refractivity contribution >= 4 is 16.6 Å². The van der Waals surface area contributed by atoms with Gasteiger partial charge in [0.1, 0.15) is 5.82 Å². The van der Waals surface area contributed by atoms with Crippen molar-refractivity contribution in [1.82, 2.24) is 10.2 Å². The molecular formula is C8H7F2N3. The van der Waals surface area contributed by atoms with E-state index in [1.165, 1.54) is 12.1 Å². The summed E-state index contributed by atoms with van der Waals surface area (Å²) in [6, 6.07) is 2.56. The third-order valence-electron chi connectivity index (χ3n) is 1.87. The highest BCUT2D eigenvalue weighted by atomic mass is 19.1. The number of anilines is 1. The number of hydrogen-bond donors (Lipinski definition) is 2. The van der Waals surface area contributed by atoms with Gasteiger partial charge in [-0.25, -0.2) is 4.39 Å². The second kappa shape index (κ2) is 2.69. The van der Waals surface area contributed by atoms with Crippen LogP contribution in [0.2, 0.25) is 0 Å². The van der Waals surface area contributed by atoms with Crippen LogP contribution in [0.15, 0.2) is 12.1 Å². The van der Waals surface area contributed by atoms with E-state index >= 15 is 0 Å². The maximum atomic E-state index is 13.1. The van der Waals surface area contributed by atoms with Crippen LogP contribution in [0, 0.1) is 11.8 Å². The van der Waals surface area contributed by atoms with E-state index in [-0.39, 0.29) is 16.6 Å². The summed E-state index contributed by atoms with van der Waals surface area (Å²) in [5.41, 5.74) is 0.543. The zero-order valence-electron chi connectivity index (χ0n) is 6.86. The normalized spacial score (nSPS) is 10.7. The fraction of sp³-hybridized carbons (Fsp3) is 0.125. The summed E-state index contributed by atoms with van der Waals surface area (Å²) in [7, 11) is 1.57. The molecule has 3 nitrogen and oxygen atoms in total. The Morgan fingerprint density at radius 2 is 2.15 bits per heavy atom. The first kappa shape index (κ1) is 7.97. The quantitative estimate of drug-likeness (QED) is 0.708. The van der Waals surface area contributed by atoms with Crippen LogP contribution in [0.4, 0.5) is 14.5 Å². The first-order valence-electron chi connectivity index (χ1n) is 3.73. The number of benzene rings is 1. The Kier molecular flexibility index (Phi) is 1.65. The summed E-state index contributed by atoms with van der Waals surface area (Å²) in [4.78, 5) is 0. The summed E-state index contributed by atoms with van der Waals surface area (Å²) in [5, 5.41) is 8.63. The van der Waals surface area contributed by atoms with Gasteiger partial charge in [0.2, 0.25) is 5.95 Å². The molecule has 0 aliphatic heterocycles. The molecule has 0 aliphatic carbocycles. The Morgan fingerprint density at radius 1 is 1.38 bits per heavy atom. The largest absolute Gasteiger partial charge is 0.386 e. The molecule has 1 heterocycles. The van der Waals surface area contributed by atoms with Gasteiger partial charge < -0.3 is 5.32 Å². The van der Waals surface area contributed by atoms with E-state index in [9.17, 15) is 8.78 Å². The fourth-order valence-corrected chi connectivity index (χ4v) is 1.19. The molecule has 0 unspecified atom stereocenters. The fourth-order valence-electron chi connectivity index (χ4n) is 1.19. The molecule has 68 valence electrons. The summed E-state index contributed by atoms with van der Waals surface area (Å²) in [6.07, 6.45) is 0. The van der Waals surface area contributed by atoms with E-state index in [1.54, 1.807) is 7.05 Å². The van der Waals surface area contributed by atoms with Crippen molar-refractivity contribution in [3.8, 4) is 0 Å². The molecular weight excluding hydrogens is 176 g/mol. The lowest BCUT2D eigenvalue weighted by Crippen LogP contribution is -1.91. The Bertz CT molecular complexity index is 450. The van der Waals surface area contributed by atoms with Crippen LogP contribution in [0.25, 0.3) is 10.9 Å². The standard InChI is InChI=1S/C8H7F2N3/c1-11-7-2-4-6(3-5(7)9)12-13-8(4)10/h2-3,11H,1H3,(H,12,13). The minimum absolute atomic E-state index is 0.257. The topological polar surface area (TPSA) is 40.7 Å². The smallest absolute Gasteiger partial charge is 0.216 e. The number of halogens is 2. The van der Waals surface area contributed by atoms with Crippen molar-refractivity contribution in [3.05, 3.63) is 23.9 Å². The molecule has 2 rings (SSSR count). The number of aromatic amines is 1. The molecule has 1 aromatic heterocycles. The average Bonchev–Trinajstić information content (AvgIpc) is 2.46. The van der Waals surface area contributed by atoms with Crippen LogP contribution in [0.1, 0.15) is 0 Å². The van der Waals surface area contributed by atoms with Gasteiger partial charge in [0.05, 0.1) is 16.6 Å². The lowest BCUT2D eigenvalue weighted by molar-refractivity contribution is 0.588. The maximum absolute atomic E-state index is 13.1. The lowest BCUT2D eigenvalue weighted by atomic mass is 10.2. The van der Waals surface area contributed by atoms with E-state index in [4.69, 9.17) is 0 Å². The van der Waals surface area contributed by atoms with Gasteiger partial charge in [0.15, 0.2) is 0 Å². The van der Waals surface area contributed by atoms with Crippen molar-refractivity contribution in [2.45, 2.75) is 0 Å². The Morgan fingerprint density at radius 3 is 2.85 bits per heavy atom. The highest BCUT2D eigenvalue weighted by molar-refractivity contribution is 5.82. The van der Waals surface area contributed by atoms with Gasteiger partial charge in [-0.1, -0.05) is 0 Å². The third-order valence-corrected chi connectivity index (χ3v) is 1.87. The summed E-state index contributed by atoms with van der Waals surface area (Å²) < 4.78 is 26.0. The number of fused-ring (bicyclic) bond motifs is 1. The lowest BCUT2D eigenvalue weighted by Gasteiger charge is -2.00. The minimum atomic E-state index is -0.550. The number of hydrogen-bond acceptors (Lipinski definition) is 2. The van der Waals surface area contributed by atoms with Crippen LogP contribution in [0.3, 0.4) is 0 Å². The van der Waals surface area contributed by atoms with E-state index in [0.717, 1.165) is 0 Å². The van der Waals surface area contributed by atoms with Gasteiger partial charge in [-0.3, -0.25) is 5.10 Å². The number of H-pyrrole nitrogens is 1. The van der Waals surface area contributed by atoms with Gasteiger partial charge in [0, 0.05) is 13.1 Å². The second-order valence-corrected chi connectivity index (χ2v) is 2.64. The molecule has 0 aliphatic rings. The Hall–Kier alpha value is -1.65. The van der Waals surface area contributed by atoms with Crippen LogP contribution < -0.4 is 5.32 Å². The molecule has 2 aromatic rings. The molecule has 2 N–H and O–H groups in total. The van der Waals surface area contributed by atoms with Gasteiger partial charge in [0.25, 0.3) is 0 Å². The van der Waals surface area contributed by atoms with Crippen LogP contribution in [-0.2, 0) is 0 Å². The van der Waals surface area contributed by atoms with E-state index in [0.29, 0.717) is 0 Å². The van der Waals surface area contributed by atoms with Crippen LogP contribution in [0.5, 0.6) is 0 Å².